The van der Waals surface area contributed by atoms with Gasteiger partial charge in [-0.3, -0.25) is 4.79 Å². The van der Waals surface area contributed by atoms with Crippen molar-refractivity contribution in [2.24, 2.45) is 0 Å². The summed E-state index contributed by atoms with van der Waals surface area (Å²) >= 11 is 0. The van der Waals surface area contributed by atoms with E-state index in [0.29, 0.717) is 35.1 Å². The summed E-state index contributed by atoms with van der Waals surface area (Å²) in [5, 5.41) is 12.3. The minimum atomic E-state index is -0.512. The number of nitriles is 1. The van der Waals surface area contributed by atoms with Gasteiger partial charge in [0.15, 0.2) is 11.5 Å². The van der Waals surface area contributed by atoms with E-state index in [9.17, 15) is 10.1 Å². The smallest absolute Gasteiger partial charge is 0.266 e. The topological polar surface area (TPSA) is 80.6 Å². The number of carbonyl (C=O) groups is 1. The Kier molecular flexibility index (Phi) is 9.44. The highest BCUT2D eigenvalue weighted by Gasteiger charge is 2.13. The van der Waals surface area contributed by atoms with Crippen LogP contribution in [0.25, 0.3) is 6.08 Å². The van der Waals surface area contributed by atoms with Crippen molar-refractivity contribution < 1.29 is 19.0 Å². The maximum atomic E-state index is 12.7. The molecule has 1 N–H and O–H groups in total. The fourth-order valence-electron chi connectivity index (χ4n) is 3.03. The minimum absolute atomic E-state index is 0.0288. The highest BCUT2D eigenvalue weighted by molar-refractivity contribution is 6.10. The Morgan fingerprint density at radius 2 is 1.77 bits per heavy atom. The number of aryl methyl sites for hydroxylation is 1. The molecule has 0 spiro atoms. The van der Waals surface area contributed by atoms with Crippen LogP contribution in [0, 0.1) is 18.3 Å². The first kappa shape index (κ1) is 23.8. The summed E-state index contributed by atoms with van der Waals surface area (Å²) in [6.07, 6.45) is 6.00. The molecule has 2 rings (SSSR count). The van der Waals surface area contributed by atoms with Crippen LogP contribution >= 0.6 is 0 Å². The quantitative estimate of drug-likeness (QED) is 0.293. The van der Waals surface area contributed by atoms with Crippen molar-refractivity contribution in [3.8, 4) is 23.3 Å². The number of rotatable bonds is 11. The summed E-state index contributed by atoms with van der Waals surface area (Å²) in [4.78, 5) is 12.7. The molecule has 0 unspecified atom stereocenters. The predicted octanol–water partition coefficient (Wildman–Crippen LogP) is 5.52. The SMILES string of the molecule is CCCCCCOc1ccc(/C=C(\C#N)C(=O)Nc2cc(C)ccc2OC)cc1OC. The lowest BCUT2D eigenvalue weighted by Gasteiger charge is -2.12. The number of ether oxygens (including phenoxy) is 3. The van der Waals surface area contributed by atoms with Crippen molar-refractivity contribution in [3.63, 3.8) is 0 Å². The number of methoxy groups -OCH3 is 2. The summed E-state index contributed by atoms with van der Waals surface area (Å²) in [7, 11) is 3.09. The average Bonchev–Trinajstić information content (AvgIpc) is 2.77. The molecule has 0 saturated carbocycles. The Morgan fingerprint density at radius 3 is 2.45 bits per heavy atom. The second-order valence-corrected chi connectivity index (χ2v) is 7.15. The normalized spacial score (nSPS) is 10.9. The molecule has 1 amide bonds. The van der Waals surface area contributed by atoms with Crippen molar-refractivity contribution in [3.05, 3.63) is 53.1 Å². The third-order valence-electron chi connectivity index (χ3n) is 4.72. The van der Waals surface area contributed by atoms with E-state index < -0.39 is 5.91 Å². The standard InChI is InChI=1S/C25H30N2O4/c1-5-6-7-8-13-31-23-12-10-19(16-24(23)30-4)15-20(17-26)25(28)27-21-14-18(2)9-11-22(21)29-3/h9-12,14-16H,5-8,13H2,1-4H3,(H,27,28)/b20-15+. The van der Waals surface area contributed by atoms with E-state index >= 15 is 0 Å². The molecule has 0 saturated heterocycles. The largest absolute Gasteiger partial charge is 0.495 e. The average molecular weight is 423 g/mol. The van der Waals surface area contributed by atoms with Crippen molar-refractivity contribution in [1.82, 2.24) is 0 Å². The molecule has 2 aromatic rings. The third-order valence-corrected chi connectivity index (χ3v) is 4.72. The molecular formula is C25H30N2O4. The monoisotopic (exact) mass is 422 g/mol. The molecule has 6 heteroatoms. The van der Waals surface area contributed by atoms with Crippen LogP contribution in [0.4, 0.5) is 5.69 Å². The molecule has 0 aliphatic rings. The number of amides is 1. The number of unbranched alkanes of at least 4 members (excludes halogenated alkanes) is 3. The molecule has 0 bridgehead atoms. The Morgan fingerprint density at radius 1 is 1.03 bits per heavy atom. The van der Waals surface area contributed by atoms with Crippen LogP contribution in [-0.2, 0) is 4.79 Å². The van der Waals surface area contributed by atoms with E-state index in [1.54, 1.807) is 37.4 Å². The van der Waals surface area contributed by atoms with Gasteiger partial charge < -0.3 is 19.5 Å². The van der Waals surface area contributed by atoms with E-state index in [4.69, 9.17) is 14.2 Å². The van der Waals surface area contributed by atoms with Gasteiger partial charge in [-0.2, -0.15) is 5.26 Å². The summed E-state index contributed by atoms with van der Waals surface area (Å²) in [6.45, 7) is 4.70. The van der Waals surface area contributed by atoms with Gasteiger partial charge in [-0.25, -0.2) is 0 Å². The minimum Gasteiger partial charge on any atom is -0.495 e. The van der Waals surface area contributed by atoms with E-state index in [-0.39, 0.29) is 5.57 Å². The molecule has 0 aliphatic carbocycles. The molecule has 0 fully saturated rings. The van der Waals surface area contributed by atoms with Gasteiger partial charge in [0.1, 0.15) is 17.4 Å². The lowest BCUT2D eigenvalue weighted by molar-refractivity contribution is -0.112. The van der Waals surface area contributed by atoms with Crippen LogP contribution in [0.1, 0.15) is 43.7 Å². The number of benzene rings is 2. The highest BCUT2D eigenvalue weighted by Crippen LogP contribution is 2.30. The Bertz CT molecular complexity index is 960. The van der Waals surface area contributed by atoms with Crippen molar-refractivity contribution in [2.75, 3.05) is 26.1 Å². The summed E-state index contributed by atoms with van der Waals surface area (Å²) in [5.74, 6) is 1.21. The van der Waals surface area contributed by atoms with Gasteiger partial charge >= 0.3 is 0 Å². The molecule has 0 radical (unpaired) electrons. The second kappa shape index (κ2) is 12.3. The molecule has 0 heterocycles. The summed E-state index contributed by atoms with van der Waals surface area (Å²) < 4.78 is 16.5. The van der Waals surface area contributed by atoms with Gasteiger partial charge in [-0.05, 0) is 54.8 Å². The van der Waals surface area contributed by atoms with Crippen molar-refractivity contribution >= 4 is 17.7 Å². The highest BCUT2D eigenvalue weighted by atomic mass is 16.5. The van der Waals surface area contributed by atoms with Gasteiger partial charge in [0, 0.05) is 0 Å². The zero-order valence-electron chi connectivity index (χ0n) is 18.7. The molecule has 0 aliphatic heterocycles. The lowest BCUT2D eigenvalue weighted by Crippen LogP contribution is -2.14. The van der Waals surface area contributed by atoms with Gasteiger partial charge in [0.05, 0.1) is 26.5 Å². The number of hydrogen-bond donors (Lipinski definition) is 1. The molecule has 31 heavy (non-hydrogen) atoms. The second-order valence-electron chi connectivity index (χ2n) is 7.15. The molecular weight excluding hydrogens is 392 g/mol. The molecule has 164 valence electrons. The van der Waals surface area contributed by atoms with Crippen LogP contribution in [-0.4, -0.2) is 26.7 Å². The number of nitrogens with zero attached hydrogens (tertiary/aromatic N) is 1. The predicted molar refractivity (Wildman–Crippen MR) is 123 cm³/mol. The molecule has 0 atom stereocenters. The van der Waals surface area contributed by atoms with Crippen LogP contribution in [0.5, 0.6) is 17.2 Å². The number of nitrogens with one attached hydrogen (secondary N) is 1. The lowest BCUT2D eigenvalue weighted by atomic mass is 10.1. The Labute approximate surface area is 184 Å². The maximum Gasteiger partial charge on any atom is 0.266 e. The fraction of sp³-hybridized carbons (Fsp3) is 0.360. The fourth-order valence-corrected chi connectivity index (χ4v) is 3.03. The van der Waals surface area contributed by atoms with E-state index in [1.165, 1.54) is 26.0 Å². The van der Waals surface area contributed by atoms with Gasteiger partial charge in [0.2, 0.25) is 0 Å². The van der Waals surface area contributed by atoms with Crippen molar-refractivity contribution in [1.29, 1.82) is 5.26 Å². The van der Waals surface area contributed by atoms with Crippen LogP contribution in [0.3, 0.4) is 0 Å². The van der Waals surface area contributed by atoms with Crippen LogP contribution < -0.4 is 19.5 Å². The van der Waals surface area contributed by atoms with Crippen molar-refractivity contribution in [2.45, 2.75) is 39.5 Å². The number of carbonyl (C=O) groups excluding carboxylic acids is 1. The Balaban J connectivity index is 2.15. The first-order valence-corrected chi connectivity index (χ1v) is 10.4. The first-order chi connectivity index (χ1) is 15.0. The van der Waals surface area contributed by atoms with Crippen LogP contribution in [0.15, 0.2) is 42.0 Å². The summed E-state index contributed by atoms with van der Waals surface area (Å²) in [6, 6.07) is 12.7. The molecule has 2 aromatic carbocycles. The zero-order valence-corrected chi connectivity index (χ0v) is 18.7. The number of anilines is 1. The van der Waals surface area contributed by atoms with Gasteiger partial charge in [-0.1, -0.05) is 38.3 Å². The molecule has 6 nitrogen and oxygen atoms in total. The van der Waals surface area contributed by atoms with Crippen LogP contribution in [0.2, 0.25) is 0 Å². The van der Waals surface area contributed by atoms with E-state index in [2.05, 4.69) is 12.2 Å². The Hall–Kier alpha value is -3.46. The van der Waals surface area contributed by atoms with E-state index in [0.717, 1.165) is 18.4 Å². The third kappa shape index (κ3) is 7.07. The first-order valence-electron chi connectivity index (χ1n) is 10.4. The van der Waals surface area contributed by atoms with Gasteiger partial charge in [-0.15, -0.1) is 0 Å². The maximum absolute atomic E-state index is 12.7. The molecule has 0 aromatic heterocycles. The summed E-state index contributed by atoms with van der Waals surface area (Å²) in [5.41, 5.74) is 2.11. The number of hydrogen-bond acceptors (Lipinski definition) is 5. The van der Waals surface area contributed by atoms with Gasteiger partial charge in [0.25, 0.3) is 5.91 Å². The zero-order chi connectivity index (χ0) is 22.6. The van der Waals surface area contributed by atoms with E-state index in [1.807, 2.05) is 19.1 Å².